The van der Waals surface area contributed by atoms with E-state index in [0.717, 1.165) is 19.3 Å². The van der Waals surface area contributed by atoms with Gasteiger partial charge in [-0.3, -0.25) is 4.79 Å². The van der Waals surface area contributed by atoms with Crippen molar-refractivity contribution in [1.29, 1.82) is 0 Å². The molecule has 0 aromatic rings. The number of alkyl halides is 1. The summed E-state index contributed by atoms with van der Waals surface area (Å²) in [5, 5.41) is 2.87. The van der Waals surface area contributed by atoms with Crippen molar-refractivity contribution >= 4 is 17.5 Å². The Kier molecular flexibility index (Phi) is 8.21. The second-order valence-corrected chi connectivity index (χ2v) is 3.83. The predicted molar refractivity (Wildman–Crippen MR) is 57.0 cm³/mol. The van der Waals surface area contributed by atoms with Gasteiger partial charge in [-0.15, -0.1) is 11.6 Å². The largest absolute Gasteiger partial charge is 0.356 e. The zero-order chi connectivity index (χ0) is 10.1. The Morgan fingerprint density at radius 2 is 2.15 bits per heavy atom. The molecule has 0 aliphatic heterocycles. The van der Waals surface area contributed by atoms with Gasteiger partial charge in [-0.25, -0.2) is 0 Å². The highest BCUT2D eigenvalue weighted by atomic mass is 35.5. The van der Waals surface area contributed by atoms with E-state index in [-0.39, 0.29) is 5.91 Å². The first-order valence-electron chi connectivity index (χ1n) is 5.03. The summed E-state index contributed by atoms with van der Waals surface area (Å²) < 4.78 is 0. The van der Waals surface area contributed by atoms with E-state index >= 15 is 0 Å². The highest BCUT2D eigenvalue weighted by molar-refractivity contribution is 6.18. The minimum absolute atomic E-state index is 0.158. The number of amides is 1. The second kappa shape index (κ2) is 8.36. The van der Waals surface area contributed by atoms with Crippen molar-refractivity contribution in [2.24, 2.45) is 5.92 Å². The van der Waals surface area contributed by atoms with Crippen molar-refractivity contribution in [3.8, 4) is 0 Å². The molecule has 0 rings (SSSR count). The van der Waals surface area contributed by atoms with E-state index in [4.69, 9.17) is 11.6 Å². The van der Waals surface area contributed by atoms with Crippen molar-refractivity contribution in [2.45, 2.75) is 39.5 Å². The van der Waals surface area contributed by atoms with Crippen LogP contribution >= 0.6 is 11.6 Å². The molecule has 0 aliphatic carbocycles. The second-order valence-electron chi connectivity index (χ2n) is 3.52. The molecule has 1 amide bonds. The van der Waals surface area contributed by atoms with Crippen LogP contribution in [0.4, 0.5) is 0 Å². The highest BCUT2D eigenvalue weighted by Gasteiger charge is 2.03. The average molecular weight is 206 g/mol. The zero-order valence-corrected chi connectivity index (χ0v) is 9.36. The molecule has 0 aromatic carbocycles. The van der Waals surface area contributed by atoms with Crippen molar-refractivity contribution in [3.63, 3.8) is 0 Å². The van der Waals surface area contributed by atoms with Gasteiger partial charge in [0, 0.05) is 18.8 Å². The summed E-state index contributed by atoms with van der Waals surface area (Å²) in [5.74, 6) is 1.14. The molecular formula is C10H20ClNO. The van der Waals surface area contributed by atoms with Gasteiger partial charge in [0.15, 0.2) is 0 Å². The molecule has 13 heavy (non-hydrogen) atoms. The first-order valence-corrected chi connectivity index (χ1v) is 5.56. The van der Waals surface area contributed by atoms with Gasteiger partial charge in [-0.05, 0) is 12.3 Å². The summed E-state index contributed by atoms with van der Waals surface area (Å²) in [5.41, 5.74) is 0. The fourth-order valence-electron chi connectivity index (χ4n) is 0.967. The number of nitrogens with one attached hydrogen (secondary N) is 1. The molecule has 78 valence electrons. The van der Waals surface area contributed by atoms with Crippen LogP contribution in [0.15, 0.2) is 0 Å². The summed E-state index contributed by atoms with van der Waals surface area (Å²) in [4.78, 5) is 11.2. The van der Waals surface area contributed by atoms with Crippen LogP contribution in [0, 0.1) is 5.92 Å². The molecule has 1 unspecified atom stereocenters. The standard InChI is InChI=1S/C10H20ClNO/c1-3-4-5-6-10(13)12-8-9(2)7-11/h9H,3-8H2,1-2H3,(H,12,13). The van der Waals surface area contributed by atoms with Gasteiger partial charge in [0.05, 0.1) is 0 Å². The lowest BCUT2D eigenvalue weighted by atomic mass is 10.2. The molecule has 0 radical (unpaired) electrons. The fourth-order valence-corrected chi connectivity index (χ4v) is 1.08. The maximum absolute atomic E-state index is 11.2. The molecule has 0 spiro atoms. The predicted octanol–water partition coefficient (Wildman–Crippen LogP) is 2.56. The number of rotatable bonds is 7. The number of unbranched alkanes of at least 4 members (excludes halogenated alkanes) is 2. The van der Waals surface area contributed by atoms with E-state index in [1.807, 2.05) is 6.92 Å². The maximum Gasteiger partial charge on any atom is 0.220 e. The van der Waals surface area contributed by atoms with Crippen LogP contribution in [0.2, 0.25) is 0 Å². The summed E-state index contributed by atoms with van der Waals surface area (Å²) >= 11 is 5.61. The normalized spacial score (nSPS) is 12.5. The summed E-state index contributed by atoms with van der Waals surface area (Å²) in [6, 6.07) is 0. The van der Waals surface area contributed by atoms with Gasteiger partial charge < -0.3 is 5.32 Å². The highest BCUT2D eigenvalue weighted by Crippen LogP contribution is 1.99. The average Bonchev–Trinajstić information content (AvgIpc) is 2.14. The Hall–Kier alpha value is -0.240. The van der Waals surface area contributed by atoms with Crippen LogP contribution in [-0.2, 0) is 4.79 Å². The molecule has 1 atom stereocenters. The third kappa shape index (κ3) is 8.10. The van der Waals surface area contributed by atoms with E-state index < -0.39 is 0 Å². The molecule has 0 heterocycles. The van der Waals surface area contributed by atoms with E-state index in [1.54, 1.807) is 0 Å². The van der Waals surface area contributed by atoms with Gasteiger partial charge in [-0.1, -0.05) is 26.7 Å². The molecule has 1 N–H and O–H groups in total. The first-order chi connectivity index (χ1) is 6.20. The molecule has 0 saturated carbocycles. The van der Waals surface area contributed by atoms with Crippen LogP contribution in [0.5, 0.6) is 0 Å². The minimum Gasteiger partial charge on any atom is -0.356 e. The molecule has 0 bridgehead atoms. The van der Waals surface area contributed by atoms with Gasteiger partial charge in [0.2, 0.25) is 5.91 Å². The summed E-state index contributed by atoms with van der Waals surface area (Å²) in [7, 11) is 0. The van der Waals surface area contributed by atoms with Crippen molar-refractivity contribution in [1.82, 2.24) is 5.32 Å². The van der Waals surface area contributed by atoms with Crippen LogP contribution in [-0.4, -0.2) is 18.3 Å². The molecule has 0 aromatic heterocycles. The lowest BCUT2D eigenvalue weighted by Crippen LogP contribution is -2.28. The monoisotopic (exact) mass is 205 g/mol. The summed E-state index contributed by atoms with van der Waals surface area (Å²) in [6.45, 7) is 4.86. The lowest BCUT2D eigenvalue weighted by molar-refractivity contribution is -0.121. The third-order valence-corrected chi connectivity index (χ3v) is 2.45. The lowest BCUT2D eigenvalue weighted by Gasteiger charge is -2.08. The Balaban J connectivity index is 3.30. The minimum atomic E-state index is 0.158. The van der Waals surface area contributed by atoms with Gasteiger partial charge in [-0.2, -0.15) is 0 Å². The SMILES string of the molecule is CCCCCC(=O)NCC(C)CCl. The number of carbonyl (C=O) groups is 1. The number of hydrogen-bond acceptors (Lipinski definition) is 1. The first kappa shape index (κ1) is 12.8. The third-order valence-electron chi connectivity index (χ3n) is 1.92. The van der Waals surface area contributed by atoms with Gasteiger partial charge in [0.1, 0.15) is 0 Å². The zero-order valence-electron chi connectivity index (χ0n) is 8.61. The molecule has 0 aliphatic rings. The van der Waals surface area contributed by atoms with Crippen molar-refractivity contribution < 1.29 is 4.79 Å². The van der Waals surface area contributed by atoms with Gasteiger partial charge >= 0.3 is 0 Å². The maximum atomic E-state index is 11.2. The Morgan fingerprint density at radius 3 is 2.69 bits per heavy atom. The molecule has 2 nitrogen and oxygen atoms in total. The molecule has 0 saturated heterocycles. The van der Waals surface area contributed by atoms with Crippen LogP contribution < -0.4 is 5.32 Å². The Morgan fingerprint density at radius 1 is 1.46 bits per heavy atom. The quantitative estimate of drug-likeness (QED) is 0.503. The molecule has 0 fully saturated rings. The van der Waals surface area contributed by atoms with Crippen molar-refractivity contribution in [3.05, 3.63) is 0 Å². The topological polar surface area (TPSA) is 29.1 Å². The number of carbonyl (C=O) groups excluding carboxylic acids is 1. The molecular weight excluding hydrogens is 186 g/mol. The number of halogens is 1. The van der Waals surface area contributed by atoms with Gasteiger partial charge in [0.25, 0.3) is 0 Å². The van der Waals surface area contributed by atoms with E-state index in [2.05, 4.69) is 12.2 Å². The van der Waals surface area contributed by atoms with Crippen molar-refractivity contribution in [2.75, 3.05) is 12.4 Å². The smallest absolute Gasteiger partial charge is 0.220 e. The van der Waals surface area contributed by atoms with E-state index in [1.165, 1.54) is 0 Å². The Labute approximate surface area is 86.0 Å². The fraction of sp³-hybridized carbons (Fsp3) is 0.900. The van der Waals surface area contributed by atoms with Crippen LogP contribution in [0.1, 0.15) is 39.5 Å². The molecule has 3 heteroatoms. The van der Waals surface area contributed by atoms with E-state index in [0.29, 0.717) is 24.8 Å². The number of hydrogen-bond donors (Lipinski definition) is 1. The summed E-state index contributed by atoms with van der Waals surface area (Å²) in [6.07, 6.45) is 3.95. The van der Waals surface area contributed by atoms with E-state index in [9.17, 15) is 4.79 Å². The van der Waals surface area contributed by atoms with Crippen LogP contribution in [0.25, 0.3) is 0 Å². The Bertz CT molecular complexity index is 139. The van der Waals surface area contributed by atoms with Crippen LogP contribution in [0.3, 0.4) is 0 Å².